The Bertz CT molecular complexity index is 735. The molecule has 0 saturated carbocycles. The molecule has 0 N–H and O–H groups in total. The van der Waals surface area contributed by atoms with Crippen molar-refractivity contribution in [1.82, 2.24) is 0 Å². The molecule has 0 atom stereocenters. The molecule has 0 aromatic heterocycles. The number of rotatable bonds is 1. The van der Waals surface area contributed by atoms with Crippen molar-refractivity contribution >= 4 is 16.9 Å². The van der Waals surface area contributed by atoms with Gasteiger partial charge in [-0.1, -0.05) is 49.1 Å². The number of hydrogen-bond donors (Lipinski definition) is 0. The molecule has 1 aliphatic rings. The van der Waals surface area contributed by atoms with E-state index in [9.17, 15) is 4.79 Å². The fourth-order valence-corrected chi connectivity index (χ4v) is 2.50. The molecule has 0 spiro atoms. The molecule has 0 unspecified atom stereocenters. The van der Waals surface area contributed by atoms with Gasteiger partial charge in [-0.3, -0.25) is 4.79 Å². The lowest BCUT2D eigenvalue weighted by molar-refractivity contribution is 0.105. The summed E-state index contributed by atoms with van der Waals surface area (Å²) in [6.07, 6.45) is 0. The van der Waals surface area contributed by atoms with Crippen molar-refractivity contribution in [2.45, 2.75) is 6.92 Å². The first-order chi connectivity index (χ1) is 9.09. The molecule has 2 aromatic rings. The lowest BCUT2D eigenvalue weighted by atomic mass is 9.81. The van der Waals surface area contributed by atoms with Crippen molar-refractivity contribution in [3.05, 3.63) is 72.3 Å². The maximum absolute atomic E-state index is 12.3. The van der Waals surface area contributed by atoms with Crippen LogP contribution in [0.15, 0.2) is 55.6 Å². The normalized spacial score (nSPS) is 12.9. The van der Waals surface area contributed by atoms with E-state index in [1.54, 1.807) is 0 Å². The molecule has 92 valence electrons. The van der Waals surface area contributed by atoms with Gasteiger partial charge in [0.05, 0.1) is 0 Å². The predicted octanol–water partition coefficient (Wildman–Crippen LogP) is 4.60. The Labute approximate surface area is 112 Å². The Morgan fingerprint density at radius 2 is 1.63 bits per heavy atom. The molecule has 2 aromatic carbocycles. The van der Waals surface area contributed by atoms with E-state index in [0.29, 0.717) is 5.57 Å². The summed E-state index contributed by atoms with van der Waals surface area (Å²) in [5, 5.41) is 0. The smallest absolute Gasteiger partial charge is 0.193 e. The summed E-state index contributed by atoms with van der Waals surface area (Å²) in [5.74, 6) is 0.0157. The van der Waals surface area contributed by atoms with E-state index in [2.05, 4.69) is 13.2 Å². The first kappa shape index (κ1) is 11.7. The second-order valence-electron chi connectivity index (χ2n) is 4.89. The van der Waals surface area contributed by atoms with Crippen LogP contribution in [0, 0.1) is 0 Å². The first-order valence-electron chi connectivity index (χ1n) is 6.23. The molecule has 0 radical (unpaired) electrons. The van der Waals surface area contributed by atoms with Crippen LogP contribution >= 0.6 is 0 Å². The van der Waals surface area contributed by atoms with Gasteiger partial charge in [0.1, 0.15) is 0 Å². The standard InChI is InChI=1S/C18H14O/c1-11(2)13-8-9-16-17(10-13)15-7-5-4-6-14(15)12(3)18(16)19/h4-10H,1,3H2,2H3. The van der Waals surface area contributed by atoms with Gasteiger partial charge in [0, 0.05) is 11.1 Å². The van der Waals surface area contributed by atoms with Crippen molar-refractivity contribution in [2.75, 3.05) is 0 Å². The van der Waals surface area contributed by atoms with E-state index in [1.807, 2.05) is 49.4 Å². The highest BCUT2D eigenvalue weighted by atomic mass is 16.1. The van der Waals surface area contributed by atoms with Crippen LogP contribution in [0.3, 0.4) is 0 Å². The predicted molar refractivity (Wildman–Crippen MR) is 80.0 cm³/mol. The van der Waals surface area contributed by atoms with Gasteiger partial charge >= 0.3 is 0 Å². The molecule has 0 amide bonds. The third kappa shape index (κ3) is 1.66. The van der Waals surface area contributed by atoms with Crippen LogP contribution in [0.2, 0.25) is 0 Å². The number of carbonyl (C=O) groups excluding carboxylic acids is 1. The van der Waals surface area contributed by atoms with E-state index >= 15 is 0 Å². The Hall–Kier alpha value is -2.41. The molecule has 0 heterocycles. The lowest BCUT2D eigenvalue weighted by Gasteiger charge is -2.21. The van der Waals surface area contributed by atoms with Crippen LogP contribution in [0.1, 0.15) is 28.4 Å². The lowest BCUT2D eigenvalue weighted by Crippen LogP contribution is -2.11. The van der Waals surface area contributed by atoms with Crippen molar-refractivity contribution in [3.63, 3.8) is 0 Å². The van der Waals surface area contributed by atoms with Crippen molar-refractivity contribution in [2.24, 2.45) is 0 Å². The topological polar surface area (TPSA) is 17.1 Å². The zero-order valence-electron chi connectivity index (χ0n) is 10.9. The van der Waals surface area contributed by atoms with Crippen LogP contribution < -0.4 is 0 Å². The average molecular weight is 246 g/mol. The number of benzene rings is 2. The van der Waals surface area contributed by atoms with Crippen LogP contribution in [-0.4, -0.2) is 5.78 Å². The van der Waals surface area contributed by atoms with Gasteiger partial charge in [-0.2, -0.15) is 0 Å². The second kappa shape index (κ2) is 4.06. The minimum Gasteiger partial charge on any atom is -0.289 e. The van der Waals surface area contributed by atoms with E-state index in [-0.39, 0.29) is 5.78 Å². The summed E-state index contributed by atoms with van der Waals surface area (Å²) < 4.78 is 0. The number of carbonyl (C=O) groups is 1. The maximum atomic E-state index is 12.3. The van der Waals surface area contributed by atoms with E-state index in [1.165, 1.54) is 0 Å². The largest absolute Gasteiger partial charge is 0.289 e. The van der Waals surface area contributed by atoms with Gasteiger partial charge in [0.25, 0.3) is 0 Å². The number of Topliss-reactive ketones (excluding diaryl/α,β-unsaturated/α-hetero) is 1. The highest BCUT2D eigenvalue weighted by Crippen LogP contribution is 2.39. The number of fused-ring (bicyclic) bond motifs is 3. The zero-order valence-corrected chi connectivity index (χ0v) is 10.9. The molecule has 0 aliphatic heterocycles. The Kier molecular flexibility index (Phi) is 2.49. The molecule has 3 rings (SSSR count). The summed E-state index contributed by atoms with van der Waals surface area (Å²) >= 11 is 0. The summed E-state index contributed by atoms with van der Waals surface area (Å²) in [5.41, 5.74) is 6.35. The fraction of sp³-hybridized carbons (Fsp3) is 0.0556. The Morgan fingerprint density at radius 3 is 2.32 bits per heavy atom. The number of hydrogen-bond acceptors (Lipinski definition) is 1. The molecule has 19 heavy (non-hydrogen) atoms. The van der Waals surface area contributed by atoms with Crippen molar-refractivity contribution < 1.29 is 4.79 Å². The van der Waals surface area contributed by atoms with Gasteiger partial charge in [-0.05, 0) is 41.3 Å². The second-order valence-corrected chi connectivity index (χ2v) is 4.89. The summed E-state index contributed by atoms with van der Waals surface area (Å²) in [6.45, 7) is 9.86. The van der Waals surface area contributed by atoms with Gasteiger partial charge in [0.2, 0.25) is 0 Å². The Morgan fingerprint density at radius 1 is 0.947 bits per heavy atom. The van der Waals surface area contributed by atoms with Gasteiger partial charge in [0.15, 0.2) is 5.78 Å². The van der Waals surface area contributed by atoms with Crippen LogP contribution in [0.4, 0.5) is 0 Å². The Balaban J connectivity index is 2.35. The number of allylic oxidation sites excluding steroid dienone is 2. The molecule has 1 heteroatoms. The van der Waals surface area contributed by atoms with Crippen LogP contribution in [0.25, 0.3) is 22.3 Å². The fourth-order valence-electron chi connectivity index (χ4n) is 2.50. The third-order valence-corrected chi connectivity index (χ3v) is 3.57. The zero-order chi connectivity index (χ0) is 13.6. The quantitative estimate of drug-likeness (QED) is 0.672. The summed E-state index contributed by atoms with van der Waals surface area (Å²) in [6, 6.07) is 13.8. The highest BCUT2D eigenvalue weighted by Gasteiger charge is 2.25. The highest BCUT2D eigenvalue weighted by molar-refractivity contribution is 6.33. The van der Waals surface area contributed by atoms with Crippen LogP contribution in [-0.2, 0) is 0 Å². The maximum Gasteiger partial charge on any atom is 0.193 e. The molecule has 0 fully saturated rings. The van der Waals surface area contributed by atoms with Crippen molar-refractivity contribution in [1.29, 1.82) is 0 Å². The van der Waals surface area contributed by atoms with Crippen LogP contribution in [0.5, 0.6) is 0 Å². The minimum absolute atomic E-state index is 0.0157. The third-order valence-electron chi connectivity index (χ3n) is 3.57. The van der Waals surface area contributed by atoms with Crippen molar-refractivity contribution in [3.8, 4) is 11.1 Å². The molecule has 1 nitrogen and oxygen atoms in total. The minimum atomic E-state index is 0.0157. The summed E-state index contributed by atoms with van der Waals surface area (Å²) in [4.78, 5) is 12.3. The monoisotopic (exact) mass is 246 g/mol. The van der Waals surface area contributed by atoms with Gasteiger partial charge in [-0.25, -0.2) is 0 Å². The average Bonchev–Trinajstić information content (AvgIpc) is 2.44. The van der Waals surface area contributed by atoms with E-state index in [0.717, 1.165) is 33.4 Å². The van der Waals surface area contributed by atoms with E-state index in [4.69, 9.17) is 0 Å². The molecular weight excluding hydrogens is 232 g/mol. The van der Waals surface area contributed by atoms with Gasteiger partial charge in [-0.15, -0.1) is 0 Å². The van der Waals surface area contributed by atoms with Gasteiger partial charge < -0.3 is 0 Å². The summed E-state index contributed by atoms with van der Waals surface area (Å²) in [7, 11) is 0. The molecule has 1 aliphatic carbocycles. The molecule has 0 saturated heterocycles. The number of ketones is 1. The molecule has 0 bridgehead atoms. The first-order valence-corrected chi connectivity index (χ1v) is 6.23. The SMILES string of the molecule is C=C(C)c1ccc2c(c1)-c1ccccc1C(=C)C2=O. The van der Waals surface area contributed by atoms with E-state index < -0.39 is 0 Å². The molecular formula is C18H14O.